The predicted molar refractivity (Wildman–Crippen MR) is 66.4 cm³/mol. The van der Waals surface area contributed by atoms with Crippen LogP contribution in [-0.2, 0) is 25.4 Å². The lowest BCUT2D eigenvalue weighted by molar-refractivity contribution is -0.143. The molecule has 2 atom stereocenters. The summed E-state index contributed by atoms with van der Waals surface area (Å²) in [5, 5.41) is 0.691. The van der Waals surface area contributed by atoms with Crippen LogP contribution in [0, 0.1) is 0 Å². The summed E-state index contributed by atoms with van der Waals surface area (Å²) in [7, 11) is 1.36. The topological polar surface area (TPSA) is 44.8 Å². The third kappa shape index (κ3) is 3.70. The number of hydrogen-bond acceptors (Lipinski definition) is 4. The molecule has 0 aromatic heterocycles. The maximum Gasteiger partial charge on any atom is 0.308 e. The molecular formula is C13H15ClO4. The van der Waals surface area contributed by atoms with Gasteiger partial charge in [0.25, 0.3) is 0 Å². The maximum absolute atomic E-state index is 11.1. The van der Waals surface area contributed by atoms with Gasteiger partial charge in [-0.1, -0.05) is 23.7 Å². The van der Waals surface area contributed by atoms with Crippen LogP contribution in [0.3, 0.4) is 0 Å². The van der Waals surface area contributed by atoms with Crippen molar-refractivity contribution >= 4 is 17.6 Å². The molecule has 1 aromatic carbocycles. The molecule has 0 amide bonds. The van der Waals surface area contributed by atoms with Gasteiger partial charge in [-0.05, 0) is 17.7 Å². The monoisotopic (exact) mass is 270 g/mol. The standard InChI is InChI=1S/C13H15ClO4/c1-16-12(15)7-11-8-17-13(18-11)6-9-3-2-4-10(14)5-9/h2-5,11,13H,6-8H2,1H3. The van der Waals surface area contributed by atoms with Gasteiger partial charge in [-0.15, -0.1) is 0 Å². The lowest BCUT2D eigenvalue weighted by Gasteiger charge is -2.11. The van der Waals surface area contributed by atoms with Crippen LogP contribution >= 0.6 is 11.6 Å². The van der Waals surface area contributed by atoms with Gasteiger partial charge in [-0.25, -0.2) is 0 Å². The molecule has 2 unspecified atom stereocenters. The predicted octanol–water partition coefficient (Wildman–Crippen LogP) is 2.19. The van der Waals surface area contributed by atoms with Crippen molar-refractivity contribution in [2.75, 3.05) is 13.7 Å². The van der Waals surface area contributed by atoms with E-state index in [0.717, 1.165) is 5.56 Å². The Kier molecular flexibility index (Phi) is 4.58. The van der Waals surface area contributed by atoms with Crippen molar-refractivity contribution in [3.8, 4) is 0 Å². The Hall–Kier alpha value is -1.10. The van der Waals surface area contributed by atoms with E-state index in [2.05, 4.69) is 4.74 Å². The van der Waals surface area contributed by atoms with Gasteiger partial charge < -0.3 is 14.2 Å². The Balaban J connectivity index is 1.84. The number of halogens is 1. The number of esters is 1. The Morgan fingerprint density at radius 3 is 3.11 bits per heavy atom. The number of carbonyl (C=O) groups is 1. The Morgan fingerprint density at radius 1 is 1.56 bits per heavy atom. The first kappa shape index (κ1) is 13.3. The maximum atomic E-state index is 11.1. The van der Waals surface area contributed by atoms with Crippen LogP contribution < -0.4 is 0 Å². The van der Waals surface area contributed by atoms with Crippen LogP contribution in [0.25, 0.3) is 0 Å². The van der Waals surface area contributed by atoms with E-state index in [-0.39, 0.29) is 24.8 Å². The molecule has 0 spiro atoms. The minimum absolute atomic E-state index is 0.221. The molecule has 0 aliphatic carbocycles. The molecule has 98 valence electrons. The second-order valence-corrected chi connectivity index (χ2v) is 4.57. The highest BCUT2D eigenvalue weighted by atomic mass is 35.5. The van der Waals surface area contributed by atoms with Gasteiger partial charge in [0, 0.05) is 11.4 Å². The molecule has 1 fully saturated rings. The zero-order valence-electron chi connectivity index (χ0n) is 10.1. The van der Waals surface area contributed by atoms with Crippen molar-refractivity contribution in [2.45, 2.75) is 25.2 Å². The second kappa shape index (κ2) is 6.18. The van der Waals surface area contributed by atoms with Crippen LogP contribution in [0.15, 0.2) is 24.3 Å². The molecule has 0 radical (unpaired) electrons. The molecule has 4 nitrogen and oxygen atoms in total. The first-order valence-corrected chi connectivity index (χ1v) is 6.13. The van der Waals surface area contributed by atoms with Crippen LogP contribution in [0.1, 0.15) is 12.0 Å². The van der Waals surface area contributed by atoms with Gasteiger partial charge in [0.1, 0.15) is 0 Å². The highest BCUT2D eigenvalue weighted by molar-refractivity contribution is 6.30. The van der Waals surface area contributed by atoms with E-state index in [1.165, 1.54) is 7.11 Å². The van der Waals surface area contributed by atoms with E-state index in [9.17, 15) is 4.79 Å². The highest BCUT2D eigenvalue weighted by Crippen LogP contribution is 2.20. The number of hydrogen-bond donors (Lipinski definition) is 0. The zero-order chi connectivity index (χ0) is 13.0. The molecule has 2 rings (SSSR count). The quantitative estimate of drug-likeness (QED) is 0.787. The van der Waals surface area contributed by atoms with Gasteiger partial charge in [0.2, 0.25) is 0 Å². The molecule has 1 aliphatic heterocycles. The fraction of sp³-hybridized carbons (Fsp3) is 0.462. The number of ether oxygens (including phenoxy) is 3. The largest absolute Gasteiger partial charge is 0.469 e. The minimum atomic E-state index is -0.321. The Labute approximate surface area is 111 Å². The SMILES string of the molecule is COC(=O)CC1COC(Cc2cccc(Cl)c2)O1. The third-order valence-electron chi connectivity index (χ3n) is 2.73. The molecule has 0 saturated carbocycles. The number of rotatable bonds is 4. The van der Waals surface area contributed by atoms with Crippen LogP contribution in [0.2, 0.25) is 5.02 Å². The van der Waals surface area contributed by atoms with Crippen LogP contribution in [0.4, 0.5) is 0 Å². The fourth-order valence-corrected chi connectivity index (χ4v) is 2.06. The molecule has 0 bridgehead atoms. The van der Waals surface area contributed by atoms with Crippen molar-refractivity contribution in [1.29, 1.82) is 0 Å². The van der Waals surface area contributed by atoms with Gasteiger partial charge in [-0.2, -0.15) is 0 Å². The summed E-state index contributed by atoms with van der Waals surface area (Å²) >= 11 is 5.90. The average Bonchev–Trinajstić information content (AvgIpc) is 2.76. The molecule has 0 N–H and O–H groups in total. The lowest BCUT2D eigenvalue weighted by Crippen LogP contribution is -2.18. The van der Waals surface area contributed by atoms with E-state index in [4.69, 9.17) is 21.1 Å². The summed E-state index contributed by atoms with van der Waals surface area (Å²) < 4.78 is 15.7. The second-order valence-electron chi connectivity index (χ2n) is 4.14. The summed E-state index contributed by atoms with van der Waals surface area (Å²) in [4.78, 5) is 11.1. The summed E-state index contributed by atoms with van der Waals surface area (Å²) in [6, 6.07) is 7.55. The minimum Gasteiger partial charge on any atom is -0.469 e. The Bertz CT molecular complexity index is 421. The number of methoxy groups -OCH3 is 1. The lowest BCUT2D eigenvalue weighted by atomic mass is 10.1. The van der Waals surface area contributed by atoms with E-state index >= 15 is 0 Å². The van der Waals surface area contributed by atoms with Crippen molar-refractivity contribution < 1.29 is 19.0 Å². The van der Waals surface area contributed by atoms with E-state index in [1.54, 1.807) is 0 Å². The molecular weight excluding hydrogens is 256 g/mol. The summed E-state index contributed by atoms with van der Waals surface area (Å²) in [6.45, 7) is 0.417. The normalized spacial score (nSPS) is 23.0. The summed E-state index contributed by atoms with van der Waals surface area (Å²) in [5.41, 5.74) is 1.05. The highest BCUT2D eigenvalue weighted by Gasteiger charge is 2.28. The molecule has 1 saturated heterocycles. The van der Waals surface area contributed by atoms with Crippen molar-refractivity contribution in [3.63, 3.8) is 0 Å². The van der Waals surface area contributed by atoms with E-state index < -0.39 is 0 Å². The van der Waals surface area contributed by atoms with Crippen molar-refractivity contribution in [1.82, 2.24) is 0 Å². The van der Waals surface area contributed by atoms with Gasteiger partial charge in [-0.3, -0.25) is 4.79 Å². The fourth-order valence-electron chi connectivity index (χ4n) is 1.85. The molecule has 1 aliphatic rings. The number of carbonyl (C=O) groups excluding carboxylic acids is 1. The molecule has 18 heavy (non-hydrogen) atoms. The molecule has 1 aromatic rings. The van der Waals surface area contributed by atoms with Gasteiger partial charge >= 0.3 is 5.97 Å². The average molecular weight is 271 g/mol. The smallest absolute Gasteiger partial charge is 0.308 e. The summed E-state index contributed by atoms with van der Waals surface area (Å²) in [6.07, 6.45) is 0.306. The van der Waals surface area contributed by atoms with Crippen LogP contribution in [0.5, 0.6) is 0 Å². The van der Waals surface area contributed by atoms with Crippen LogP contribution in [-0.4, -0.2) is 32.1 Å². The summed E-state index contributed by atoms with van der Waals surface area (Å²) in [5.74, 6) is -0.285. The van der Waals surface area contributed by atoms with E-state index in [1.807, 2.05) is 24.3 Å². The third-order valence-corrected chi connectivity index (χ3v) is 2.96. The van der Waals surface area contributed by atoms with E-state index in [0.29, 0.717) is 18.1 Å². The van der Waals surface area contributed by atoms with Crippen molar-refractivity contribution in [3.05, 3.63) is 34.9 Å². The molecule has 5 heteroatoms. The first-order valence-electron chi connectivity index (χ1n) is 5.75. The van der Waals surface area contributed by atoms with Gasteiger partial charge in [0.05, 0.1) is 26.2 Å². The Morgan fingerprint density at radius 2 is 2.39 bits per heavy atom. The number of benzene rings is 1. The first-order chi connectivity index (χ1) is 8.67. The van der Waals surface area contributed by atoms with Crippen molar-refractivity contribution in [2.24, 2.45) is 0 Å². The zero-order valence-corrected chi connectivity index (χ0v) is 10.9. The molecule has 1 heterocycles. The van der Waals surface area contributed by atoms with Gasteiger partial charge in [0.15, 0.2) is 6.29 Å².